The van der Waals surface area contributed by atoms with Crippen LogP contribution in [0.5, 0.6) is 5.75 Å². The van der Waals surface area contributed by atoms with Gasteiger partial charge in [0, 0.05) is 5.69 Å². The van der Waals surface area contributed by atoms with Gasteiger partial charge in [-0.25, -0.2) is 17.9 Å². The summed E-state index contributed by atoms with van der Waals surface area (Å²) in [6.45, 7) is -0.0215. The van der Waals surface area contributed by atoms with E-state index in [-0.39, 0.29) is 27.5 Å². The number of aryl methyl sites for hydroxylation is 1. The van der Waals surface area contributed by atoms with Gasteiger partial charge in [0.25, 0.3) is 10.0 Å². The number of amides is 2. The molecule has 12 nitrogen and oxygen atoms in total. The lowest BCUT2D eigenvalue weighted by Crippen LogP contribution is -2.63. The van der Waals surface area contributed by atoms with Gasteiger partial charge in [0.15, 0.2) is 5.54 Å². The zero-order chi connectivity index (χ0) is 34.5. The first kappa shape index (κ1) is 35.6. The summed E-state index contributed by atoms with van der Waals surface area (Å²) in [6, 6.07) is 1.73. The zero-order valence-electron chi connectivity index (χ0n) is 24.0. The molecule has 21 heteroatoms. The second-order valence-corrected chi connectivity index (χ2v) is 12.4. The predicted molar refractivity (Wildman–Crippen MR) is 140 cm³/mol. The number of nitrogens with two attached hydrogens (primary N) is 1. The molecule has 1 unspecified atom stereocenters. The number of carbonyl (C=O) groups is 2. The van der Waals surface area contributed by atoms with Crippen molar-refractivity contribution in [2.45, 2.75) is 81.7 Å². The number of benzene rings is 1. The van der Waals surface area contributed by atoms with Crippen molar-refractivity contribution in [1.29, 1.82) is 0 Å². The third-order valence-electron chi connectivity index (χ3n) is 6.79. The summed E-state index contributed by atoms with van der Waals surface area (Å²) < 4.78 is 145. The molecule has 3 atom stereocenters. The number of nitrogens with one attached hydrogen (secondary N) is 2. The number of carbonyl (C=O) groups excluding carboxylic acids is 2. The molecule has 1 aliphatic rings. The maximum atomic E-state index is 13.9. The molecule has 1 aromatic carbocycles. The standard InChI is InChI=1S/C24H28F8N6O6S/c1-11-17(10-37(36-11)19(25)26)45(41,42)38-12(2)16(9-34-18(39)22(5,33)24(30,31)32)43-15-7-6-13(8-14(15)38)35-20(40)44-21(3,4)23(27,28)29/h6-8,10,12,16,19H,9,33H2,1-5H3,(H,34,39)(H,35,40)/t12-,16+,22?/m1/s1. The highest BCUT2D eigenvalue weighted by Gasteiger charge is 2.54. The lowest BCUT2D eigenvalue weighted by molar-refractivity contribution is -0.242. The summed E-state index contributed by atoms with van der Waals surface area (Å²) >= 11 is 0. The summed E-state index contributed by atoms with van der Waals surface area (Å²) in [5.41, 5.74) is -2.12. The summed E-state index contributed by atoms with van der Waals surface area (Å²) in [7, 11) is -4.86. The Balaban J connectivity index is 2.04. The van der Waals surface area contributed by atoms with E-state index in [1.165, 1.54) is 6.92 Å². The maximum Gasteiger partial charge on any atom is 0.427 e. The highest BCUT2D eigenvalue weighted by atomic mass is 32.2. The quantitative estimate of drug-likeness (QED) is 0.350. The molecule has 0 saturated heterocycles. The van der Waals surface area contributed by atoms with Gasteiger partial charge in [-0.1, -0.05) is 0 Å². The first-order valence-electron chi connectivity index (χ1n) is 12.7. The minimum Gasteiger partial charge on any atom is -0.484 e. The van der Waals surface area contributed by atoms with Gasteiger partial charge in [-0.05, 0) is 52.8 Å². The smallest absolute Gasteiger partial charge is 0.427 e. The molecular weight excluding hydrogens is 652 g/mol. The van der Waals surface area contributed by atoms with Crippen molar-refractivity contribution >= 4 is 33.4 Å². The van der Waals surface area contributed by atoms with E-state index in [0.717, 1.165) is 25.1 Å². The molecule has 0 bridgehead atoms. The van der Waals surface area contributed by atoms with Crippen LogP contribution in [-0.2, 0) is 19.6 Å². The molecule has 0 spiro atoms. The molecule has 45 heavy (non-hydrogen) atoms. The number of hydrogen-bond acceptors (Lipinski definition) is 8. The van der Waals surface area contributed by atoms with Crippen molar-refractivity contribution in [2.24, 2.45) is 5.73 Å². The molecule has 3 rings (SSSR count). The third-order valence-corrected chi connectivity index (χ3v) is 8.80. The Morgan fingerprint density at radius 2 is 1.71 bits per heavy atom. The van der Waals surface area contributed by atoms with Crippen LogP contribution in [0.3, 0.4) is 0 Å². The minimum absolute atomic E-state index is 0.0710. The fraction of sp³-hybridized carbons (Fsp3) is 0.542. The normalized spacial score (nSPS) is 19.0. The average molecular weight is 681 g/mol. The summed E-state index contributed by atoms with van der Waals surface area (Å²) in [5.74, 6) is -1.95. The Kier molecular flexibility index (Phi) is 9.34. The van der Waals surface area contributed by atoms with Gasteiger partial charge in [-0.2, -0.15) is 40.2 Å². The number of hydrogen-bond donors (Lipinski definition) is 3. The zero-order valence-corrected chi connectivity index (χ0v) is 24.9. The third kappa shape index (κ3) is 7.02. The molecule has 0 saturated carbocycles. The van der Waals surface area contributed by atoms with Crippen LogP contribution in [0.2, 0.25) is 0 Å². The molecule has 4 N–H and O–H groups in total. The van der Waals surface area contributed by atoms with E-state index < -0.39 is 75.7 Å². The summed E-state index contributed by atoms with van der Waals surface area (Å²) in [6.07, 6.45) is -12.5. The number of fused-ring (bicyclic) bond motifs is 1. The fourth-order valence-corrected chi connectivity index (χ4v) is 5.76. The number of rotatable bonds is 8. The van der Waals surface area contributed by atoms with E-state index in [1.807, 2.05) is 10.6 Å². The number of aromatic nitrogens is 2. The van der Waals surface area contributed by atoms with Crippen molar-refractivity contribution in [1.82, 2.24) is 15.1 Å². The number of anilines is 2. The molecule has 0 aliphatic carbocycles. The topological polar surface area (TPSA) is 158 Å². The molecule has 2 aromatic rings. The molecule has 252 valence electrons. The van der Waals surface area contributed by atoms with Crippen molar-refractivity contribution in [3.63, 3.8) is 0 Å². The molecular formula is C24H28F8N6O6S. The van der Waals surface area contributed by atoms with E-state index in [2.05, 4.69) is 9.84 Å². The monoisotopic (exact) mass is 680 g/mol. The van der Waals surface area contributed by atoms with Crippen molar-refractivity contribution in [3.05, 3.63) is 30.1 Å². The summed E-state index contributed by atoms with van der Waals surface area (Å²) in [5, 5.41) is 7.47. The molecule has 1 aromatic heterocycles. The van der Waals surface area contributed by atoms with Crippen LogP contribution in [0.25, 0.3) is 0 Å². The maximum absolute atomic E-state index is 13.9. The molecule has 2 amide bonds. The predicted octanol–water partition coefficient (Wildman–Crippen LogP) is 4.22. The first-order chi connectivity index (χ1) is 20.3. The van der Waals surface area contributed by atoms with Crippen LogP contribution in [0, 0.1) is 6.92 Å². The van der Waals surface area contributed by atoms with E-state index in [0.29, 0.717) is 31.3 Å². The van der Waals surface area contributed by atoms with Gasteiger partial charge in [0.1, 0.15) is 16.7 Å². The van der Waals surface area contributed by atoms with E-state index in [1.54, 1.807) is 0 Å². The largest absolute Gasteiger partial charge is 0.484 e. The van der Waals surface area contributed by atoms with Gasteiger partial charge in [-0.3, -0.25) is 14.4 Å². The lowest BCUT2D eigenvalue weighted by Gasteiger charge is -2.41. The minimum atomic E-state index is -5.15. The Bertz CT molecular complexity index is 1560. The van der Waals surface area contributed by atoms with Gasteiger partial charge in [0.05, 0.1) is 30.2 Å². The van der Waals surface area contributed by atoms with Gasteiger partial charge >= 0.3 is 25.0 Å². The van der Waals surface area contributed by atoms with Crippen LogP contribution in [0.15, 0.2) is 29.3 Å². The van der Waals surface area contributed by atoms with Crippen LogP contribution in [0.4, 0.5) is 51.3 Å². The van der Waals surface area contributed by atoms with Crippen molar-refractivity contribution < 1.29 is 62.6 Å². The number of halogens is 8. The van der Waals surface area contributed by atoms with E-state index in [4.69, 9.17) is 10.5 Å². The van der Waals surface area contributed by atoms with Crippen LogP contribution in [0.1, 0.15) is 39.9 Å². The van der Waals surface area contributed by atoms with Crippen LogP contribution in [-0.4, -0.2) is 72.4 Å². The van der Waals surface area contributed by atoms with Gasteiger partial charge in [-0.15, -0.1) is 0 Å². The van der Waals surface area contributed by atoms with Gasteiger partial charge in [0.2, 0.25) is 11.5 Å². The average Bonchev–Trinajstić information content (AvgIpc) is 3.28. The Morgan fingerprint density at radius 3 is 2.22 bits per heavy atom. The SMILES string of the molecule is Cc1nn(C(F)F)cc1S(=O)(=O)N1c2cc(NC(=O)OC(C)(C)C(F)(F)F)ccc2O[C@@H](CNC(=O)C(C)(N)C(F)(F)F)[C@H]1C. The Morgan fingerprint density at radius 1 is 1.11 bits per heavy atom. The molecule has 1 aliphatic heterocycles. The number of sulfonamides is 1. The summed E-state index contributed by atoms with van der Waals surface area (Å²) in [4.78, 5) is 23.8. The van der Waals surface area contributed by atoms with Crippen molar-refractivity contribution in [2.75, 3.05) is 16.2 Å². The Hall–Kier alpha value is -3.88. The van der Waals surface area contributed by atoms with Crippen LogP contribution >= 0.6 is 0 Å². The van der Waals surface area contributed by atoms with E-state index in [9.17, 15) is 53.1 Å². The lowest BCUT2D eigenvalue weighted by atomic mass is 10.0. The number of nitrogens with zero attached hydrogens (tertiary/aromatic N) is 3. The number of alkyl halides is 8. The fourth-order valence-electron chi connectivity index (χ4n) is 3.92. The van der Waals surface area contributed by atoms with E-state index >= 15 is 0 Å². The number of ether oxygens (including phenoxy) is 2. The highest BCUT2D eigenvalue weighted by molar-refractivity contribution is 7.93. The highest BCUT2D eigenvalue weighted by Crippen LogP contribution is 2.42. The Labute approximate surface area is 250 Å². The molecule has 0 fully saturated rings. The first-order valence-corrected chi connectivity index (χ1v) is 14.1. The van der Waals surface area contributed by atoms with Crippen molar-refractivity contribution in [3.8, 4) is 5.75 Å². The van der Waals surface area contributed by atoms with Crippen LogP contribution < -0.4 is 25.4 Å². The second kappa shape index (κ2) is 11.8. The molecule has 2 heterocycles. The molecule has 0 radical (unpaired) electrons. The second-order valence-electron chi connectivity index (χ2n) is 10.6. The van der Waals surface area contributed by atoms with Gasteiger partial charge < -0.3 is 20.5 Å².